The average Bonchev–Trinajstić information content (AvgIpc) is 2.70. The molecule has 0 amide bonds. The van der Waals surface area contributed by atoms with Crippen LogP contribution in [-0.4, -0.2) is 47.4 Å². The third-order valence-corrected chi connectivity index (χ3v) is 4.71. The maximum absolute atomic E-state index is 14.4. The molecule has 33 heavy (non-hydrogen) atoms. The van der Waals surface area contributed by atoms with Crippen LogP contribution in [0.4, 0.5) is 43.9 Å². The zero-order valence-electron chi connectivity index (χ0n) is 16.4. The Hall–Kier alpha value is -2.31. The van der Waals surface area contributed by atoms with Crippen molar-refractivity contribution in [2.24, 2.45) is 5.92 Å². The third-order valence-electron chi connectivity index (χ3n) is 4.47. The van der Waals surface area contributed by atoms with Gasteiger partial charge in [-0.2, -0.15) is 43.9 Å². The maximum Gasteiger partial charge on any atom is 0.393 e. The van der Waals surface area contributed by atoms with Crippen molar-refractivity contribution >= 4 is 23.4 Å². The average molecular weight is 517 g/mol. The summed E-state index contributed by atoms with van der Waals surface area (Å²) >= 11 is 3.74. The number of alkyl halides is 11. The first-order valence-corrected chi connectivity index (χ1v) is 9.17. The minimum Gasteiger partial charge on any atom is -0.465 e. The van der Waals surface area contributed by atoms with Gasteiger partial charge in [0.05, 0.1) is 6.61 Å². The van der Waals surface area contributed by atoms with E-state index in [0.29, 0.717) is 6.08 Å². The summed E-state index contributed by atoms with van der Waals surface area (Å²) in [6.45, 7) is 3.70. The second-order valence-electron chi connectivity index (χ2n) is 6.56. The zero-order valence-corrected chi connectivity index (χ0v) is 17.2. The van der Waals surface area contributed by atoms with Gasteiger partial charge in [0.25, 0.3) is 0 Å². The molecular formula is C19H15ClF10O3. The van der Waals surface area contributed by atoms with Gasteiger partial charge >= 0.3 is 35.0 Å². The number of carbonyl (C=O) groups is 2. The minimum absolute atomic E-state index is 0.164. The van der Waals surface area contributed by atoms with Crippen molar-refractivity contribution in [3.63, 3.8) is 0 Å². The van der Waals surface area contributed by atoms with E-state index < -0.39 is 59.3 Å². The van der Waals surface area contributed by atoms with Gasteiger partial charge < -0.3 is 4.74 Å². The number of carbonyl (C=O) groups excluding carboxylic acids is 2. The van der Waals surface area contributed by atoms with Crippen LogP contribution in [0.25, 0.3) is 0 Å². The van der Waals surface area contributed by atoms with Crippen LogP contribution in [0.2, 0.25) is 0 Å². The van der Waals surface area contributed by atoms with E-state index in [2.05, 4.69) is 22.9 Å². The molecule has 0 bridgehead atoms. The summed E-state index contributed by atoms with van der Waals surface area (Å²) in [5.41, 5.74) is -0.164. The quantitative estimate of drug-likeness (QED) is 0.118. The number of Topliss-reactive ketones (excluding diaryl/α,β-unsaturated/α-hetero) is 1. The van der Waals surface area contributed by atoms with E-state index in [1.807, 2.05) is 0 Å². The summed E-state index contributed by atoms with van der Waals surface area (Å²) in [7, 11) is 0. The lowest BCUT2D eigenvalue weighted by Crippen LogP contribution is -2.68. The van der Waals surface area contributed by atoms with E-state index in [1.165, 1.54) is 18.2 Å². The molecule has 2 atom stereocenters. The molecule has 14 heteroatoms. The molecular weight excluding hydrogens is 502 g/mol. The Morgan fingerprint density at radius 2 is 1.42 bits per heavy atom. The molecule has 0 aliphatic heterocycles. The minimum atomic E-state index is -7.54. The van der Waals surface area contributed by atoms with Crippen LogP contribution in [-0.2, 0) is 14.3 Å². The standard InChI is InChI=1S/C19H15ClF10O3/c1-3-11(10-8-6-5-7-9-10)12(14(32)33-4-2)13(31)15(21,22)16(23,24)17(25,26)18(27,28)19(20,29)30/h3,5-9,11-12H,1,4H2,2H3. The van der Waals surface area contributed by atoms with Crippen molar-refractivity contribution in [1.29, 1.82) is 0 Å². The number of hydrogen-bond acceptors (Lipinski definition) is 3. The van der Waals surface area contributed by atoms with Crippen molar-refractivity contribution in [1.82, 2.24) is 0 Å². The lowest BCUT2D eigenvalue weighted by atomic mass is 9.79. The molecule has 0 saturated carbocycles. The molecule has 0 N–H and O–H groups in total. The SMILES string of the molecule is C=CC(c1ccccc1)C(C(=O)OCC)C(=O)C(F)(F)C(F)(F)C(F)(F)C(F)(F)C(F)(F)Cl. The Balaban J connectivity index is 3.67. The van der Waals surface area contributed by atoms with Crippen molar-refractivity contribution < 1.29 is 58.2 Å². The molecule has 0 saturated heterocycles. The van der Waals surface area contributed by atoms with Gasteiger partial charge in [-0.1, -0.05) is 36.4 Å². The number of ether oxygens (including phenoxy) is 1. The molecule has 0 heterocycles. The summed E-state index contributed by atoms with van der Waals surface area (Å²) in [5.74, 6) is -39.0. The summed E-state index contributed by atoms with van der Waals surface area (Å²) in [5, 5.41) is -6.41. The number of benzene rings is 1. The van der Waals surface area contributed by atoms with Crippen molar-refractivity contribution in [3.05, 3.63) is 48.6 Å². The van der Waals surface area contributed by atoms with Gasteiger partial charge in [-0.25, -0.2) is 0 Å². The van der Waals surface area contributed by atoms with Crippen LogP contribution in [0.15, 0.2) is 43.0 Å². The first-order chi connectivity index (χ1) is 14.8. The summed E-state index contributed by atoms with van der Waals surface area (Å²) in [6.07, 6.45) is 0.655. The largest absolute Gasteiger partial charge is 0.465 e. The highest BCUT2D eigenvalue weighted by molar-refractivity contribution is 6.22. The molecule has 2 unspecified atom stereocenters. The van der Waals surface area contributed by atoms with E-state index in [-0.39, 0.29) is 5.56 Å². The molecule has 186 valence electrons. The molecule has 0 aliphatic rings. The van der Waals surface area contributed by atoms with Crippen LogP contribution in [0.1, 0.15) is 18.4 Å². The van der Waals surface area contributed by atoms with Gasteiger partial charge in [0.15, 0.2) is 0 Å². The Labute approximate surface area is 185 Å². The lowest BCUT2D eigenvalue weighted by molar-refractivity contribution is -0.382. The van der Waals surface area contributed by atoms with Gasteiger partial charge in [0, 0.05) is 5.92 Å². The number of hydrogen-bond donors (Lipinski definition) is 0. The van der Waals surface area contributed by atoms with Crippen LogP contribution < -0.4 is 0 Å². The predicted molar refractivity (Wildman–Crippen MR) is 95.1 cm³/mol. The van der Waals surface area contributed by atoms with Crippen molar-refractivity contribution in [3.8, 4) is 0 Å². The molecule has 1 aromatic rings. The fourth-order valence-corrected chi connectivity index (χ4v) is 2.83. The number of esters is 1. The highest BCUT2D eigenvalue weighted by atomic mass is 35.5. The van der Waals surface area contributed by atoms with E-state index in [9.17, 15) is 53.5 Å². The van der Waals surface area contributed by atoms with Crippen molar-refractivity contribution in [2.75, 3.05) is 6.61 Å². The first-order valence-electron chi connectivity index (χ1n) is 8.79. The second-order valence-corrected chi connectivity index (χ2v) is 7.04. The van der Waals surface area contributed by atoms with Crippen LogP contribution in [0, 0.1) is 5.92 Å². The number of halogens is 11. The molecule has 0 fully saturated rings. The summed E-state index contributed by atoms with van der Waals surface area (Å²) in [6, 6.07) is 6.17. The van der Waals surface area contributed by atoms with E-state index in [1.54, 1.807) is 0 Å². The Kier molecular flexibility index (Phi) is 8.28. The number of rotatable bonds is 11. The summed E-state index contributed by atoms with van der Waals surface area (Å²) < 4.78 is 141. The van der Waals surface area contributed by atoms with Gasteiger partial charge in [-0.15, -0.1) is 6.58 Å². The normalized spacial score (nSPS) is 15.5. The van der Waals surface area contributed by atoms with Crippen molar-refractivity contribution in [2.45, 2.75) is 41.9 Å². The monoisotopic (exact) mass is 516 g/mol. The van der Waals surface area contributed by atoms with Gasteiger partial charge in [-0.05, 0) is 24.1 Å². The fraction of sp³-hybridized carbons (Fsp3) is 0.474. The summed E-state index contributed by atoms with van der Waals surface area (Å²) in [4.78, 5) is 24.5. The van der Waals surface area contributed by atoms with Crippen LogP contribution >= 0.6 is 11.6 Å². The molecule has 1 aromatic carbocycles. The van der Waals surface area contributed by atoms with Gasteiger partial charge in [0.1, 0.15) is 5.92 Å². The Morgan fingerprint density at radius 1 is 0.939 bits per heavy atom. The first kappa shape index (κ1) is 28.7. The maximum atomic E-state index is 14.4. The number of allylic oxidation sites excluding steroid dienone is 1. The van der Waals surface area contributed by atoms with Crippen LogP contribution in [0.5, 0.6) is 0 Å². The molecule has 0 aliphatic carbocycles. The van der Waals surface area contributed by atoms with Crippen LogP contribution in [0.3, 0.4) is 0 Å². The zero-order chi connectivity index (χ0) is 26.0. The van der Waals surface area contributed by atoms with Gasteiger partial charge in [0.2, 0.25) is 5.78 Å². The molecule has 3 nitrogen and oxygen atoms in total. The predicted octanol–water partition coefficient (Wildman–Crippen LogP) is 6.08. The highest BCUT2D eigenvalue weighted by Crippen LogP contribution is 2.58. The Morgan fingerprint density at radius 3 is 1.82 bits per heavy atom. The van der Waals surface area contributed by atoms with E-state index in [0.717, 1.165) is 19.1 Å². The smallest absolute Gasteiger partial charge is 0.393 e. The second kappa shape index (κ2) is 9.51. The van der Waals surface area contributed by atoms with Gasteiger partial charge in [-0.3, -0.25) is 9.59 Å². The molecule has 1 rings (SSSR count). The molecule has 0 radical (unpaired) electrons. The van der Waals surface area contributed by atoms with E-state index in [4.69, 9.17) is 0 Å². The topological polar surface area (TPSA) is 43.4 Å². The highest BCUT2D eigenvalue weighted by Gasteiger charge is 2.87. The number of ketones is 1. The third kappa shape index (κ3) is 4.82. The van der Waals surface area contributed by atoms with E-state index >= 15 is 0 Å². The Bertz CT molecular complexity index is 868. The molecule has 0 spiro atoms. The fourth-order valence-electron chi connectivity index (χ4n) is 2.71. The molecule has 0 aromatic heterocycles. The lowest BCUT2D eigenvalue weighted by Gasteiger charge is -2.38.